The fourth-order valence-corrected chi connectivity index (χ4v) is 5.72. The Morgan fingerprint density at radius 1 is 1.15 bits per heavy atom. The minimum Gasteiger partial charge on any atom is -0.346 e. The Morgan fingerprint density at radius 3 is 2.45 bits per heavy atom. The Morgan fingerprint density at radius 2 is 1.82 bits per heavy atom. The number of benzene rings is 2. The van der Waals surface area contributed by atoms with Gasteiger partial charge in [0.15, 0.2) is 0 Å². The van der Waals surface area contributed by atoms with Gasteiger partial charge < -0.3 is 10.3 Å². The summed E-state index contributed by atoms with van der Waals surface area (Å²) in [5, 5.41) is 3.14. The number of nitrogens with one attached hydrogen (secondary N) is 2. The highest BCUT2D eigenvalue weighted by molar-refractivity contribution is 7.89. The molecule has 1 saturated heterocycles. The van der Waals surface area contributed by atoms with Crippen LogP contribution in [0.2, 0.25) is 0 Å². The summed E-state index contributed by atoms with van der Waals surface area (Å²) >= 11 is 0. The van der Waals surface area contributed by atoms with Crippen LogP contribution in [0.25, 0.3) is 11.0 Å². The van der Waals surface area contributed by atoms with Crippen LogP contribution in [0.5, 0.6) is 0 Å². The quantitative estimate of drug-likeness (QED) is 0.543. The van der Waals surface area contributed by atoms with E-state index in [-0.39, 0.29) is 35.9 Å². The highest BCUT2D eigenvalue weighted by atomic mass is 32.2. The molecule has 176 valence electrons. The molecular weight excluding hydrogens is 443 g/mol. The van der Waals surface area contributed by atoms with E-state index >= 15 is 0 Å². The van der Waals surface area contributed by atoms with Gasteiger partial charge in [-0.3, -0.25) is 4.79 Å². The first-order chi connectivity index (χ1) is 15.7. The fourth-order valence-electron chi connectivity index (χ4n) is 4.25. The zero-order valence-corrected chi connectivity index (χ0v) is 19.6. The molecule has 1 aliphatic rings. The minimum atomic E-state index is -3.70. The number of aromatic nitrogens is 2. The molecule has 4 rings (SSSR count). The van der Waals surface area contributed by atoms with Gasteiger partial charge in [-0.25, -0.2) is 17.8 Å². The molecule has 33 heavy (non-hydrogen) atoms. The van der Waals surface area contributed by atoms with Crippen LogP contribution in [0.3, 0.4) is 0 Å². The number of H-pyrrole nitrogens is 1. The molecule has 0 aliphatic carbocycles. The van der Waals surface area contributed by atoms with E-state index in [1.165, 1.54) is 16.4 Å². The van der Waals surface area contributed by atoms with Gasteiger partial charge in [-0.1, -0.05) is 26.0 Å². The van der Waals surface area contributed by atoms with Crippen molar-refractivity contribution >= 4 is 27.0 Å². The van der Waals surface area contributed by atoms with Crippen LogP contribution in [0.4, 0.5) is 4.39 Å². The van der Waals surface area contributed by atoms with Gasteiger partial charge in [0.1, 0.15) is 11.6 Å². The molecule has 1 aromatic heterocycles. The summed E-state index contributed by atoms with van der Waals surface area (Å²) in [6.07, 6.45) is 1.60. The van der Waals surface area contributed by atoms with E-state index in [4.69, 9.17) is 0 Å². The molecule has 3 aromatic rings. The van der Waals surface area contributed by atoms with E-state index in [1.807, 2.05) is 24.3 Å². The standard InChI is InChI=1S/C24H29FN4O3S/c1-16(2)15-22(23-26-20-5-3-4-6-21(20)27-23)28-24(30)17-11-13-29(14-12-17)33(31,32)19-9-7-18(25)8-10-19/h3-10,16-17,22H,11-15H2,1-2H3,(H,26,27)(H,28,30)/t22-/m1/s1. The summed E-state index contributed by atoms with van der Waals surface area (Å²) in [5.41, 5.74) is 1.78. The number of rotatable bonds is 7. The molecule has 1 aliphatic heterocycles. The SMILES string of the molecule is CC(C)C[C@@H](NC(=O)C1CCN(S(=O)(=O)c2ccc(F)cc2)CC1)c1nc2ccccc2[nH]1. The summed E-state index contributed by atoms with van der Waals surface area (Å²) in [6, 6.07) is 12.3. The van der Waals surface area contributed by atoms with Crippen molar-refractivity contribution in [3.8, 4) is 0 Å². The van der Waals surface area contributed by atoms with E-state index < -0.39 is 15.8 Å². The molecule has 2 aromatic carbocycles. The largest absolute Gasteiger partial charge is 0.346 e. The van der Waals surface area contributed by atoms with Crippen LogP contribution >= 0.6 is 0 Å². The van der Waals surface area contributed by atoms with Gasteiger partial charge in [0.25, 0.3) is 0 Å². The van der Waals surface area contributed by atoms with Crippen LogP contribution < -0.4 is 5.32 Å². The number of carbonyl (C=O) groups excluding carboxylic acids is 1. The zero-order valence-electron chi connectivity index (χ0n) is 18.8. The number of piperidine rings is 1. The molecule has 0 unspecified atom stereocenters. The molecule has 2 heterocycles. The van der Waals surface area contributed by atoms with Crippen molar-refractivity contribution in [1.29, 1.82) is 0 Å². The zero-order chi connectivity index (χ0) is 23.6. The van der Waals surface area contributed by atoms with Crippen molar-refractivity contribution < 1.29 is 17.6 Å². The molecule has 0 saturated carbocycles. The van der Waals surface area contributed by atoms with E-state index in [0.717, 1.165) is 35.4 Å². The third-order valence-corrected chi connectivity index (χ3v) is 7.95. The average Bonchev–Trinajstić information content (AvgIpc) is 3.23. The van der Waals surface area contributed by atoms with Gasteiger partial charge in [-0.2, -0.15) is 4.31 Å². The van der Waals surface area contributed by atoms with Crippen molar-refractivity contribution in [2.24, 2.45) is 11.8 Å². The lowest BCUT2D eigenvalue weighted by Gasteiger charge is -2.31. The Hall–Kier alpha value is -2.78. The number of sulfonamides is 1. The van der Waals surface area contributed by atoms with E-state index in [9.17, 15) is 17.6 Å². The van der Waals surface area contributed by atoms with Crippen molar-refractivity contribution in [1.82, 2.24) is 19.6 Å². The predicted octanol–water partition coefficient (Wildman–Crippen LogP) is 4.01. The number of carbonyl (C=O) groups is 1. The third kappa shape index (κ3) is 5.25. The summed E-state index contributed by atoms with van der Waals surface area (Å²) < 4.78 is 40.2. The fraction of sp³-hybridized carbons (Fsp3) is 0.417. The van der Waals surface area contributed by atoms with Crippen LogP contribution in [0.15, 0.2) is 53.4 Å². The Kier molecular flexibility index (Phi) is 6.81. The lowest BCUT2D eigenvalue weighted by atomic mass is 9.95. The van der Waals surface area contributed by atoms with E-state index in [2.05, 4.69) is 29.1 Å². The molecule has 0 bridgehead atoms. The number of aromatic amines is 1. The maximum atomic E-state index is 13.2. The maximum Gasteiger partial charge on any atom is 0.243 e. The highest BCUT2D eigenvalue weighted by Crippen LogP contribution is 2.27. The third-order valence-electron chi connectivity index (χ3n) is 6.04. The predicted molar refractivity (Wildman–Crippen MR) is 124 cm³/mol. The molecule has 7 nitrogen and oxygen atoms in total. The first kappa shape index (κ1) is 23.4. The van der Waals surface area contributed by atoms with Gasteiger partial charge in [0.05, 0.1) is 22.0 Å². The lowest BCUT2D eigenvalue weighted by molar-refractivity contribution is -0.127. The van der Waals surface area contributed by atoms with Gasteiger partial charge in [0.2, 0.25) is 15.9 Å². The Bertz CT molecular complexity index is 1180. The molecule has 9 heteroatoms. The topological polar surface area (TPSA) is 95.2 Å². The summed E-state index contributed by atoms with van der Waals surface area (Å²) in [4.78, 5) is 21.1. The van der Waals surface area contributed by atoms with Crippen LogP contribution in [0.1, 0.15) is 45.0 Å². The second-order valence-corrected chi connectivity index (χ2v) is 10.9. The summed E-state index contributed by atoms with van der Waals surface area (Å²) in [5.74, 6) is 0.245. The molecule has 1 amide bonds. The van der Waals surface area contributed by atoms with Gasteiger partial charge >= 0.3 is 0 Å². The second kappa shape index (κ2) is 9.61. The monoisotopic (exact) mass is 472 g/mol. The van der Waals surface area contributed by atoms with Crippen LogP contribution in [-0.2, 0) is 14.8 Å². The molecule has 1 fully saturated rings. The number of nitrogens with zero attached hydrogens (tertiary/aromatic N) is 2. The van der Waals surface area contributed by atoms with Gasteiger partial charge in [-0.15, -0.1) is 0 Å². The van der Waals surface area contributed by atoms with Crippen molar-refractivity contribution in [2.45, 2.75) is 44.0 Å². The summed E-state index contributed by atoms with van der Waals surface area (Å²) in [6.45, 7) is 4.69. The minimum absolute atomic E-state index is 0.0636. The number of imidazole rings is 1. The van der Waals surface area contributed by atoms with Gasteiger partial charge in [0, 0.05) is 19.0 Å². The molecule has 2 N–H and O–H groups in total. The van der Waals surface area contributed by atoms with Gasteiger partial charge in [-0.05, 0) is 61.6 Å². The number of hydrogen-bond donors (Lipinski definition) is 2. The Balaban J connectivity index is 1.42. The highest BCUT2D eigenvalue weighted by Gasteiger charge is 2.33. The van der Waals surface area contributed by atoms with Crippen molar-refractivity contribution in [2.75, 3.05) is 13.1 Å². The maximum absolute atomic E-state index is 13.2. The number of para-hydroxylation sites is 2. The normalized spacial score (nSPS) is 16.8. The number of hydrogen-bond acceptors (Lipinski definition) is 4. The second-order valence-electron chi connectivity index (χ2n) is 8.96. The number of amides is 1. The lowest BCUT2D eigenvalue weighted by Crippen LogP contribution is -2.44. The Labute approximate surface area is 193 Å². The van der Waals surface area contributed by atoms with E-state index in [0.29, 0.717) is 18.8 Å². The average molecular weight is 473 g/mol. The van der Waals surface area contributed by atoms with Crippen molar-refractivity contribution in [3.05, 3.63) is 60.2 Å². The molecular formula is C24H29FN4O3S. The van der Waals surface area contributed by atoms with Crippen molar-refractivity contribution in [3.63, 3.8) is 0 Å². The van der Waals surface area contributed by atoms with Crippen LogP contribution in [-0.4, -0.2) is 41.7 Å². The number of fused-ring (bicyclic) bond motifs is 1. The molecule has 0 radical (unpaired) electrons. The number of halogens is 1. The smallest absolute Gasteiger partial charge is 0.243 e. The van der Waals surface area contributed by atoms with E-state index in [1.54, 1.807) is 0 Å². The summed E-state index contributed by atoms with van der Waals surface area (Å²) in [7, 11) is -3.70. The van der Waals surface area contributed by atoms with Crippen LogP contribution in [0, 0.1) is 17.7 Å². The molecule has 1 atom stereocenters. The molecule has 0 spiro atoms. The first-order valence-electron chi connectivity index (χ1n) is 11.2. The first-order valence-corrected chi connectivity index (χ1v) is 12.7.